The lowest BCUT2D eigenvalue weighted by Crippen LogP contribution is -2.06. The molecule has 0 atom stereocenters. The zero-order chi connectivity index (χ0) is 16.4. The van der Waals surface area contributed by atoms with Crippen LogP contribution in [0.1, 0.15) is 43.0 Å². The first kappa shape index (κ1) is 17.8. The number of phenols is 1. The second kappa shape index (κ2) is 9.60. The summed E-state index contributed by atoms with van der Waals surface area (Å²) in [5, 5.41) is 9.52. The summed E-state index contributed by atoms with van der Waals surface area (Å²) in [6, 6.07) is 4.61. The van der Waals surface area contributed by atoms with Crippen molar-refractivity contribution >= 4 is 12.3 Å². The lowest BCUT2D eigenvalue weighted by molar-refractivity contribution is -0.139. The number of phenolic OH excluding ortho intramolecular Hbond substituents is 1. The predicted molar refractivity (Wildman–Crippen MR) is 83.2 cm³/mol. The summed E-state index contributed by atoms with van der Waals surface area (Å²) < 4.78 is 10.5. The molecule has 0 bridgehead atoms. The Morgan fingerprint density at radius 1 is 1.23 bits per heavy atom. The minimum absolute atomic E-state index is 0.0770. The van der Waals surface area contributed by atoms with Gasteiger partial charge < -0.3 is 14.6 Å². The summed E-state index contributed by atoms with van der Waals surface area (Å²) in [6.07, 6.45) is 4.18. The van der Waals surface area contributed by atoms with Gasteiger partial charge in [0, 0.05) is 11.6 Å². The van der Waals surface area contributed by atoms with Gasteiger partial charge in [0.25, 0.3) is 0 Å². The maximum atomic E-state index is 11.1. The summed E-state index contributed by atoms with van der Waals surface area (Å²) in [5.74, 6) is 0.118. The molecule has 0 saturated carbocycles. The van der Waals surface area contributed by atoms with Crippen LogP contribution >= 0.6 is 0 Å². The molecule has 0 aliphatic carbocycles. The van der Waals surface area contributed by atoms with Gasteiger partial charge in [-0.2, -0.15) is 0 Å². The van der Waals surface area contributed by atoms with Crippen molar-refractivity contribution in [1.29, 1.82) is 0 Å². The Morgan fingerprint density at radius 3 is 2.50 bits per heavy atom. The number of aldehydes is 1. The van der Waals surface area contributed by atoms with Gasteiger partial charge in [-0.25, -0.2) is 4.79 Å². The smallest absolute Gasteiger partial charge is 0.333 e. The number of carbonyl (C=O) groups is 2. The van der Waals surface area contributed by atoms with Crippen molar-refractivity contribution in [2.24, 2.45) is 0 Å². The second-order valence-electron chi connectivity index (χ2n) is 5.02. The molecule has 1 N–H and O–H groups in total. The lowest BCUT2D eigenvalue weighted by atomic mass is 10.2. The Morgan fingerprint density at radius 2 is 1.91 bits per heavy atom. The minimum atomic E-state index is -0.345. The molecule has 0 heterocycles. The minimum Gasteiger partial charge on any atom is -0.507 e. The van der Waals surface area contributed by atoms with Crippen LogP contribution in [0.15, 0.2) is 30.4 Å². The summed E-state index contributed by atoms with van der Waals surface area (Å²) in [7, 11) is 0. The molecule has 0 spiro atoms. The number of benzene rings is 1. The van der Waals surface area contributed by atoms with Crippen molar-refractivity contribution in [3.63, 3.8) is 0 Å². The van der Waals surface area contributed by atoms with Gasteiger partial charge in [0.1, 0.15) is 11.5 Å². The van der Waals surface area contributed by atoms with Gasteiger partial charge in [-0.15, -0.1) is 0 Å². The molecular weight excluding hydrogens is 284 g/mol. The van der Waals surface area contributed by atoms with E-state index < -0.39 is 0 Å². The molecule has 1 aromatic carbocycles. The van der Waals surface area contributed by atoms with Gasteiger partial charge in [0.15, 0.2) is 6.29 Å². The Bertz CT molecular complexity index is 522. The largest absolute Gasteiger partial charge is 0.507 e. The molecule has 120 valence electrons. The van der Waals surface area contributed by atoms with Crippen LogP contribution in [0.2, 0.25) is 0 Å². The topological polar surface area (TPSA) is 72.8 Å². The van der Waals surface area contributed by atoms with Crippen LogP contribution in [0.5, 0.6) is 11.5 Å². The van der Waals surface area contributed by atoms with Crippen molar-refractivity contribution in [2.45, 2.75) is 32.6 Å². The highest BCUT2D eigenvalue weighted by Crippen LogP contribution is 2.22. The van der Waals surface area contributed by atoms with E-state index in [1.54, 1.807) is 13.0 Å². The summed E-state index contributed by atoms with van der Waals surface area (Å²) in [5.41, 5.74) is 0.661. The standard InChI is InChI=1S/C17H22O5/c1-13(2)17(20)22-10-6-4-3-5-9-21-15-8-7-14(12-18)16(19)11-15/h7-8,11-12,19H,1,3-6,9-10H2,2H3. The highest BCUT2D eigenvalue weighted by atomic mass is 16.5. The van der Waals surface area contributed by atoms with E-state index in [-0.39, 0.29) is 17.3 Å². The molecule has 0 radical (unpaired) electrons. The third-order valence-corrected chi connectivity index (χ3v) is 3.02. The zero-order valence-electron chi connectivity index (χ0n) is 12.8. The number of aromatic hydroxyl groups is 1. The number of hydrogen-bond acceptors (Lipinski definition) is 5. The Hall–Kier alpha value is -2.30. The SMILES string of the molecule is C=C(C)C(=O)OCCCCCCOc1ccc(C=O)c(O)c1. The first-order chi connectivity index (χ1) is 10.5. The number of ether oxygens (including phenoxy) is 2. The van der Waals surface area contributed by atoms with Gasteiger partial charge in [0.05, 0.1) is 18.8 Å². The van der Waals surface area contributed by atoms with Crippen LogP contribution in [-0.2, 0) is 9.53 Å². The van der Waals surface area contributed by atoms with E-state index >= 15 is 0 Å². The van der Waals surface area contributed by atoms with Gasteiger partial charge >= 0.3 is 5.97 Å². The fourth-order valence-corrected chi connectivity index (χ4v) is 1.75. The Labute approximate surface area is 130 Å². The van der Waals surface area contributed by atoms with Gasteiger partial charge in [0.2, 0.25) is 0 Å². The summed E-state index contributed by atoms with van der Waals surface area (Å²) in [6.45, 7) is 6.08. The highest BCUT2D eigenvalue weighted by Gasteiger charge is 2.03. The molecule has 5 nitrogen and oxygen atoms in total. The fraction of sp³-hybridized carbons (Fsp3) is 0.412. The molecule has 0 unspecified atom stereocenters. The van der Waals surface area contributed by atoms with Crippen LogP contribution < -0.4 is 4.74 Å². The third kappa shape index (κ3) is 6.43. The molecule has 0 aromatic heterocycles. The van der Waals surface area contributed by atoms with Gasteiger partial charge in [-0.1, -0.05) is 6.58 Å². The van der Waals surface area contributed by atoms with Crippen molar-refractivity contribution in [1.82, 2.24) is 0 Å². The molecular formula is C17H22O5. The molecule has 0 saturated heterocycles. The van der Waals surface area contributed by atoms with Crippen LogP contribution in [-0.4, -0.2) is 30.6 Å². The quantitative estimate of drug-likeness (QED) is 0.311. The van der Waals surface area contributed by atoms with Crippen LogP contribution in [0.3, 0.4) is 0 Å². The molecule has 1 rings (SSSR count). The van der Waals surface area contributed by atoms with Gasteiger partial charge in [-0.05, 0) is 44.7 Å². The van der Waals surface area contributed by atoms with Gasteiger partial charge in [-0.3, -0.25) is 4.79 Å². The number of hydrogen-bond donors (Lipinski definition) is 1. The fourth-order valence-electron chi connectivity index (χ4n) is 1.75. The van der Waals surface area contributed by atoms with Crippen LogP contribution in [0.25, 0.3) is 0 Å². The van der Waals surface area contributed by atoms with E-state index in [1.165, 1.54) is 12.1 Å². The van der Waals surface area contributed by atoms with E-state index in [0.29, 0.717) is 30.8 Å². The molecule has 0 aliphatic rings. The van der Waals surface area contributed by atoms with E-state index in [1.807, 2.05) is 0 Å². The first-order valence-electron chi connectivity index (χ1n) is 7.28. The number of esters is 1. The average molecular weight is 306 g/mol. The summed E-state index contributed by atoms with van der Waals surface area (Å²) in [4.78, 5) is 21.7. The van der Waals surface area contributed by atoms with Crippen LogP contribution in [0, 0.1) is 0 Å². The monoisotopic (exact) mass is 306 g/mol. The van der Waals surface area contributed by atoms with Crippen molar-refractivity contribution in [3.8, 4) is 11.5 Å². The lowest BCUT2D eigenvalue weighted by Gasteiger charge is -2.07. The third-order valence-electron chi connectivity index (χ3n) is 3.02. The second-order valence-corrected chi connectivity index (χ2v) is 5.02. The number of unbranched alkanes of at least 4 members (excludes halogenated alkanes) is 3. The maximum Gasteiger partial charge on any atom is 0.333 e. The Balaban J connectivity index is 2.08. The highest BCUT2D eigenvalue weighted by molar-refractivity contribution is 5.86. The zero-order valence-corrected chi connectivity index (χ0v) is 12.8. The molecule has 0 amide bonds. The molecule has 1 aromatic rings. The number of carbonyl (C=O) groups excluding carboxylic acids is 2. The number of rotatable bonds is 10. The molecule has 0 aliphatic heterocycles. The molecule has 22 heavy (non-hydrogen) atoms. The van der Waals surface area contributed by atoms with E-state index in [0.717, 1.165) is 25.7 Å². The van der Waals surface area contributed by atoms with Crippen LogP contribution in [0.4, 0.5) is 0 Å². The van der Waals surface area contributed by atoms with E-state index in [4.69, 9.17) is 9.47 Å². The molecule has 0 fully saturated rings. The maximum absolute atomic E-state index is 11.1. The first-order valence-corrected chi connectivity index (χ1v) is 7.28. The molecule has 5 heteroatoms. The van der Waals surface area contributed by atoms with Crippen molar-refractivity contribution in [3.05, 3.63) is 35.9 Å². The summed E-state index contributed by atoms with van der Waals surface area (Å²) >= 11 is 0. The van der Waals surface area contributed by atoms with E-state index in [9.17, 15) is 14.7 Å². The Kier molecular flexibility index (Phi) is 7.75. The van der Waals surface area contributed by atoms with E-state index in [2.05, 4.69) is 6.58 Å². The average Bonchev–Trinajstić information content (AvgIpc) is 2.49. The van der Waals surface area contributed by atoms with Crippen molar-refractivity contribution < 1.29 is 24.2 Å². The predicted octanol–water partition coefficient (Wildman–Crippen LogP) is 3.26. The van der Waals surface area contributed by atoms with Crippen molar-refractivity contribution in [2.75, 3.05) is 13.2 Å². The normalized spacial score (nSPS) is 10.0.